The largest absolute Gasteiger partial charge is 0.508 e. The molecule has 0 amide bonds. The maximum absolute atomic E-state index is 13.2. The molecule has 0 bridgehead atoms. The lowest BCUT2D eigenvalue weighted by atomic mass is 9.99. The quantitative estimate of drug-likeness (QED) is 0.228. The Bertz CT molecular complexity index is 1250. The molecular weight excluding hydrogens is 445 g/mol. The second kappa shape index (κ2) is 8.42. The number of benzene rings is 2. The molecule has 1 aliphatic rings. The van der Waals surface area contributed by atoms with Gasteiger partial charge in [0, 0.05) is 17.7 Å². The Kier molecular flexibility index (Phi) is 5.78. The van der Waals surface area contributed by atoms with Gasteiger partial charge in [0.15, 0.2) is 17.3 Å². The summed E-state index contributed by atoms with van der Waals surface area (Å²) in [4.78, 5) is 13.2. The minimum atomic E-state index is -1.85. The van der Waals surface area contributed by atoms with Crippen LogP contribution in [-0.4, -0.2) is 78.2 Å². The van der Waals surface area contributed by atoms with Crippen LogP contribution in [0.4, 0.5) is 0 Å². The van der Waals surface area contributed by atoms with Crippen molar-refractivity contribution in [3.8, 4) is 40.1 Å². The smallest absolute Gasteiger partial charge is 0.239 e. The summed E-state index contributed by atoms with van der Waals surface area (Å²) < 4.78 is 16.5. The normalized spacial score (nSPS) is 25.3. The van der Waals surface area contributed by atoms with Gasteiger partial charge in [0.1, 0.15) is 46.9 Å². The fourth-order valence-corrected chi connectivity index (χ4v) is 3.51. The van der Waals surface area contributed by atoms with Crippen LogP contribution in [0, 0.1) is 0 Å². The fourth-order valence-electron chi connectivity index (χ4n) is 3.51. The van der Waals surface area contributed by atoms with Crippen LogP contribution in [0.5, 0.6) is 28.7 Å². The van der Waals surface area contributed by atoms with E-state index in [-0.39, 0.29) is 22.3 Å². The first-order valence-corrected chi connectivity index (χ1v) is 9.64. The van der Waals surface area contributed by atoms with Crippen LogP contribution in [-0.2, 0) is 4.74 Å². The number of aliphatic hydroxyl groups excluding tert-OH is 4. The summed E-state index contributed by atoms with van der Waals surface area (Å²) in [5.41, 5.74) is -1.19. The predicted molar refractivity (Wildman–Crippen MR) is 109 cm³/mol. The first-order valence-electron chi connectivity index (χ1n) is 9.64. The number of aromatic hydroxyl groups is 4. The lowest BCUT2D eigenvalue weighted by molar-refractivity contribution is -0.277. The van der Waals surface area contributed by atoms with Gasteiger partial charge >= 0.3 is 0 Å². The van der Waals surface area contributed by atoms with Crippen molar-refractivity contribution in [2.24, 2.45) is 0 Å². The average molecular weight is 465 g/mol. The molecule has 0 radical (unpaired) electrons. The zero-order chi connectivity index (χ0) is 24.0. The maximum Gasteiger partial charge on any atom is 0.239 e. The zero-order valence-corrected chi connectivity index (χ0v) is 16.7. The summed E-state index contributed by atoms with van der Waals surface area (Å²) in [6, 6.07) is 5.36. The van der Waals surface area contributed by atoms with Gasteiger partial charge in [-0.1, -0.05) is 0 Å². The van der Waals surface area contributed by atoms with E-state index >= 15 is 0 Å². The average Bonchev–Trinajstić information content (AvgIpc) is 2.76. The third-order valence-electron chi connectivity index (χ3n) is 5.24. The van der Waals surface area contributed by atoms with Gasteiger partial charge < -0.3 is 54.7 Å². The molecule has 176 valence electrons. The van der Waals surface area contributed by atoms with Gasteiger partial charge in [-0.15, -0.1) is 0 Å². The Morgan fingerprint density at radius 1 is 0.879 bits per heavy atom. The highest BCUT2D eigenvalue weighted by molar-refractivity contribution is 5.88. The van der Waals surface area contributed by atoms with Crippen molar-refractivity contribution < 1.29 is 54.7 Å². The molecule has 12 nitrogen and oxygen atoms in total. The molecule has 3 aromatic rings. The van der Waals surface area contributed by atoms with Crippen molar-refractivity contribution in [1.29, 1.82) is 0 Å². The van der Waals surface area contributed by atoms with Gasteiger partial charge in [0.05, 0.1) is 6.61 Å². The minimum Gasteiger partial charge on any atom is -0.508 e. The number of phenolic OH excluding ortho intramolecular Hbond substituents is 4. The molecule has 33 heavy (non-hydrogen) atoms. The molecule has 2 aromatic carbocycles. The summed E-state index contributed by atoms with van der Waals surface area (Å²) >= 11 is 0. The van der Waals surface area contributed by atoms with E-state index in [1.165, 1.54) is 6.07 Å². The van der Waals surface area contributed by atoms with Gasteiger partial charge in [-0.2, -0.15) is 0 Å². The van der Waals surface area contributed by atoms with E-state index in [4.69, 9.17) is 13.9 Å². The number of rotatable bonds is 4. The van der Waals surface area contributed by atoms with Crippen LogP contribution in [0.25, 0.3) is 22.3 Å². The van der Waals surface area contributed by atoms with Crippen molar-refractivity contribution in [1.82, 2.24) is 0 Å². The SMILES string of the molecule is O=c1c(O[C@@H]2O[C@H](CO)[C@@H](O)[C@H](O)[C@H]2O)[13c](-c2ccc(O)c(O)c2)oc2cc(O)cc(O)c12. The Labute approximate surface area is 184 Å². The second-order valence-electron chi connectivity index (χ2n) is 7.45. The summed E-state index contributed by atoms with van der Waals surface area (Å²) in [6.07, 6.45) is -8.40. The molecule has 0 spiro atoms. The Morgan fingerprint density at radius 2 is 1.61 bits per heavy atom. The second-order valence-corrected chi connectivity index (χ2v) is 7.45. The van der Waals surface area contributed by atoms with E-state index in [0.717, 1.165) is 24.3 Å². The maximum atomic E-state index is 13.2. The zero-order valence-electron chi connectivity index (χ0n) is 16.7. The Balaban J connectivity index is 1.91. The molecule has 12 heteroatoms. The number of hydrogen-bond donors (Lipinski definition) is 8. The standard InChI is InChI=1S/C21H20O12/c22-6-13-15(27)17(29)18(30)21(32-13)33-20-16(28)14-11(26)4-8(23)5-12(14)31-19(20)7-1-2-9(24)10(25)3-7/h1-5,13,15,17-18,21-27,29-30H,6H2/t13-,15-,17+,18-,21+/m1/s1/i19+1. The monoisotopic (exact) mass is 465 g/mol. The minimum absolute atomic E-state index is 0.0201. The van der Waals surface area contributed by atoms with E-state index in [1.54, 1.807) is 0 Å². The van der Waals surface area contributed by atoms with Crippen molar-refractivity contribution in [3.05, 3.63) is 40.6 Å². The number of ether oxygens (including phenoxy) is 2. The van der Waals surface area contributed by atoms with Crippen LogP contribution >= 0.6 is 0 Å². The van der Waals surface area contributed by atoms with Crippen LogP contribution in [0.3, 0.4) is 0 Å². The Hall–Kier alpha value is -3.55. The van der Waals surface area contributed by atoms with Crippen LogP contribution in [0.2, 0.25) is 0 Å². The van der Waals surface area contributed by atoms with Crippen molar-refractivity contribution >= 4 is 11.0 Å². The summed E-state index contributed by atoms with van der Waals surface area (Å²) in [5, 5.41) is 78.7. The Morgan fingerprint density at radius 3 is 2.27 bits per heavy atom. The van der Waals surface area contributed by atoms with Gasteiger partial charge in [-0.25, -0.2) is 0 Å². The van der Waals surface area contributed by atoms with Crippen molar-refractivity contribution in [3.63, 3.8) is 0 Å². The van der Waals surface area contributed by atoms with Gasteiger partial charge in [0.25, 0.3) is 0 Å². The van der Waals surface area contributed by atoms with Crippen LogP contribution in [0.1, 0.15) is 0 Å². The van der Waals surface area contributed by atoms with Gasteiger partial charge in [-0.05, 0) is 18.2 Å². The van der Waals surface area contributed by atoms with E-state index in [9.17, 15) is 45.6 Å². The topological polar surface area (TPSA) is 211 Å². The summed E-state index contributed by atoms with van der Waals surface area (Å²) in [7, 11) is 0. The molecule has 2 heterocycles. The predicted octanol–water partition coefficient (Wildman–Crippen LogP) is -0.539. The molecule has 5 atom stereocenters. The van der Waals surface area contributed by atoms with E-state index < -0.39 is 71.5 Å². The number of phenols is 4. The highest BCUT2D eigenvalue weighted by atomic mass is 16.7. The van der Waals surface area contributed by atoms with E-state index in [2.05, 4.69) is 0 Å². The number of hydrogen-bond acceptors (Lipinski definition) is 12. The fraction of sp³-hybridized carbons (Fsp3) is 0.286. The molecule has 1 saturated heterocycles. The third-order valence-corrected chi connectivity index (χ3v) is 5.24. The molecule has 4 rings (SSSR count). The van der Waals surface area contributed by atoms with Crippen LogP contribution < -0.4 is 10.2 Å². The number of aliphatic hydroxyl groups is 4. The molecule has 1 fully saturated rings. The van der Waals surface area contributed by atoms with Gasteiger partial charge in [0.2, 0.25) is 17.5 Å². The molecule has 8 N–H and O–H groups in total. The first kappa shape index (κ1) is 22.6. The third kappa shape index (κ3) is 3.90. The molecule has 0 unspecified atom stereocenters. The molecule has 0 saturated carbocycles. The lowest BCUT2D eigenvalue weighted by Gasteiger charge is -2.39. The van der Waals surface area contributed by atoms with Crippen LogP contribution in [0.15, 0.2) is 39.5 Å². The molecule has 1 aromatic heterocycles. The van der Waals surface area contributed by atoms with Crippen molar-refractivity contribution in [2.45, 2.75) is 30.7 Å². The molecule has 1 aliphatic heterocycles. The highest BCUT2D eigenvalue weighted by Gasteiger charge is 2.45. The van der Waals surface area contributed by atoms with Crippen molar-refractivity contribution in [2.75, 3.05) is 6.61 Å². The number of fused-ring (bicyclic) bond motifs is 1. The lowest BCUT2D eigenvalue weighted by Crippen LogP contribution is -2.60. The van der Waals surface area contributed by atoms with Gasteiger partial charge in [-0.3, -0.25) is 4.79 Å². The first-order chi connectivity index (χ1) is 15.6. The van der Waals surface area contributed by atoms with E-state index in [1.807, 2.05) is 0 Å². The molecule has 0 aliphatic carbocycles. The summed E-state index contributed by atoms with van der Waals surface area (Å²) in [6.45, 7) is -0.740. The molecular formula is C21H20O12. The highest BCUT2D eigenvalue weighted by Crippen LogP contribution is 2.39. The summed E-state index contributed by atoms with van der Waals surface area (Å²) in [5.74, 6) is -3.05. The van der Waals surface area contributed by atoms with E-state index in [0.29, 0.717) is 0 Å².